The summed E-state index contributed by atoms with van der Waals surface area (Å²) in [7, 11) is 0. The number of hydrogen-bond acceptors (Lipinski definition) is 1. The van der Waals surface area contributed by atoms with Gasteiger partial charge in [-0.25, -0.2) is 4.39 Å². The van der Waals surface area contributed by atoms with Crippen molar-refractivity contribution in [1.29, 1.82) is 0 Å². The highest BCUT2D eigenvalue weighted by molar-refractivity contribution is 14.1. The van der Waals surface area contributed by atoms with Crippen LogP contribution in [0.5, 0.6) is 0 Å². The Balaban J connectivity index is 2.61. The molecular weight excluding hydrogens is 398 g/mol. The lowest BCUT2D eigenvalue weighted by atomic mass is 10.1. The summed E-state index contributed by atoms with van der Waals surface area (Å²) in [6.45, 7) is 0. The normalized spacial score (nSPS) is 10.6. The molecule has 1 nitrogen and oxygen atoms in total. The highest BCUT2D eigenvalue weighted by Gasteiger charge is 2.11. The molecule has 0 aliphatic heterocycles. The van der Waals surface area contributed by atoms with Crippen LogP contribution in [0.1, 0.15) is 0 Å². The molecule has 0 saturated carbocycles. The number of pyridine rings is 1. The van der Waals surface area contributed by atoms with Crippen LogP contribution >= 0.6 is 57.4 Å². The van der Waals surface area contributed by atoms with Crippen LogP contribution in [0.15, 0.2) is 24.4 Å². The first-order chi connectivity index (χ1) is 7.99. The maximum absolute atomic E-state index is 12.9. The Labute approximate surface area is 126 Å². The minimum absolute atomic E-state index is 0.300. The summed E-state index contributed by atoms with van der Waals surface area (Å²) in [5.74, 6) is -0.385. The zero-order valence-electron chi connectivity index (χ0n) is 8.15. The number of halogens is 5. The minimum atomic E-state index is -0.385. The lowest BCUT2D eigenvalue weighted by molar-refractivity contribution is 0.620. The van der Waals surface area contributed by atoms with Gasteiger partial charge in [0.05, 0.1) is 27.0 Å². The Bertz CT molecular complexity index is 566. The number of hydrogen-bond donors (Lipinski definition) is 0. The third-order valence-electron chi connectivity index (χ3n) is 2.07. The minimum Gasteiger partial charge on any atom is -0.252 e. The van der Waals surface area contributed by atoms with Crippen molar-refractivity contribution in [1.82, 2.24) is 4.98 Å². The second-order valence-electron chi connectivity index (χ2n) is 3.24. The molecule has 0 aliphatic rings. The summed E-state index contributed by atoms with van der Waals surface area (Å²) in [6, 6.07) is 4.69. The fourth-order valence-corrected chi connectivity index (χ4v) is 2.66. The highest BCUT2D eigenvalue weighted by Crippen LogP contribution is 2.35. The average Bonchev–Trinajstić information content (AvgIpc) is 2.25. The van der Waals surface area contributed by atoms with Crippen molar-refractivity contribution in [2.75, 3.05) is 0 Å². The van der Waals surface area contributed by atoms with Gasteiger partial charge in [-0.05, 0) is 40.8 Å². The van der Waals surface area contributed by atoms with E-state index in [1.165, 1.54) is 6.07 Å². The molecule has 0 atom stereocenters. The van der Waals surface area contributed by atoms with E-state index in [0.717, 1.165) is 6.20 Å². The quantitative estimate of drug-likeness (QED) is 0.456. The first kappa shape index (κ1) is 13.3. The smallest absolute Gasteiger partial charge is 0.142 e. The molecule has 1 heterocycles. The maximum atomic E-state index is 12.9. The summed E-state index contributed by atoms with van der Waals surface area (Å²) in [4.78, 5) is 4.02. The van der Waals surface area contributed by atoms with Gasteiger partial charge in [-0.2, -0.15) is 0 Å². The molecule has 0 aliphatic carbocycles. The molecule has 0 saturated heterocycles. The zero-order valence-corrected chi connectivity index (χ0v) is 12.6. The SMILES string of the molecule is Fc1cnc(-c2cc(Cl)c(Cl)c(Cl)c2)c(I)c1. The second-order valence-corrected chi connectivity index (χ2v) is 5.59. The summed E-state index contributed by atoms with van der Waals surface area (Å²) >= 11 is 19.7. The Morgan fingerprint density at radius 3 is 2.18 bits per heavy atom. The summed E-state index contributed by atoms with van der Waals surface area (Å²) in [5.41, 5.74) is 1.32. The van der Waals surface area contributed by atoms with Crippen molar-refractivity contribution in [3.8, 4) is 11.3 Å². The van der Waals surface area contributed by atoms with E-state index in [9.17, 15) is 4.39 Å². The van der Waals surface area contributed by atoms with Crippen LogP contribution in [0.25, 0.3) is 11.3 Å². The molecule has 17 heavy (non-hydrogen) atoms. The van der Waals surface area contributed by atoms with E-state index in [-0.39, 0.29) is 5.82 Å². The van der Waals surface area contributed by atoms with Crippen molar-refractivity contribution in [2.24, 2.45) is 0 Å². The van der Waals surface area contributed by atoms with E-state index in [1.807, 2.05) is 22.6 Å². The van der Waals surface area contributed by atoms with Crippen molar-refractivity contribution in [3.63, 3.8) is 0 Å². The van der Waals surface area contributed by atoms with Crippen LogP contribution in [0.3, 0.4) is 0 Å². The molecule has 0 N–H and O–H groups in total. The van der Waals surface area contributed by atoms with Gasteiger partial charge in [0.2, 0.25) is 0 Å². The summed E-state index contributed by atoms with van der Waals surface area (Å²) in [6.07, 6.45) is 1.15. The topological polar surface area (TPSA) is 12.9 Å². The Morgan fingerprint density at radius 1 is 1.06 bits per heavy atom. The second kappa shape index (κ2) is 5.26. The molecule has 0 amide bonds. The average molecular weight is 402 g/mol. The molecule has 1 aromatic carbocycles. The van der Waals surface area contributed by atoms with Gasteiger partial charge in [0, 0.05) is 9.13 Å². The van der Waals surface area contributed by atoms with Crippen molar-refractivity contribution in [3.05, 3.63) is 48.9 Å². The van der Waals surface area contributed by atoms with E-state index >= 15 is 0 Å². The van der Waals surface area contributed by atoms with E-state index in [0.29, 0.717) is 29.9 Å². The number of nitrogens with zero attached hydrogens (tertiary/aromatic N) is 1. The third kappa shape index (κ3) is 2.84. The standard InChI is InChI=1S/C11H4Cl3FIN/c12-7-1-5(2-8(13)10(7)14)11-9(16)3-6(15)4-17-11/h1-4H. The third-order valence-corrected chi connectivity index (χ3v) is 4.08. The van der Waals surface area contributed by atoms with Crippen LogP contribution in [0.2, 0.25) is 15.1 Å². The van der Waals surface area contributed by atoms with Gasteiger partial charge in [0.1, 0.15) is 5.82 Å². The summed E-state index contributed by atoms with van der Waals surface area (Å²) < 4.78 is 13.6. The van der Waals surface area contributed by atoms with Gasteiger partial charge in [-0.15, -0.1) is 0 Å². The molecule has 2 aromatic rings. The first-order valence-electron chi connectivity index (χ1n) is 4.45. The molecular formula is C11H4Cl3FIN. The molecule has 0 fully saturated rings. The van der Waals surface area contributed by atoms with Gasteiger partial charge in [0.15, 0.2) is 0 Å². The van der Waals surface area contributed by atoms with E-state index in [1.54, 1.807) is 12.1 Å². The van der Waals surface area contributed by atoms with Crippen LogP contribution in [-0.2, 0) is 0 Å². The number of benzene rings is 1. The largest absolute Gasteiger partial charge is 0.252 e. The van der Waals surface area contributed by atoms with Crippen molar-refractivity contribution in [2.45, 2.75) is 0 Å². The first-order valence-corrected chi connectivity index (χ1v) is 6.66. The fourth-order valence-electron chi connectivity index (χ4n) is 1.32. The molecule has 0 radical (unpaired) electrons. The fraction of sp³-hybridized carbons (Fsp3) is 0. The highest BCUT2D eigenvalue weighted by atomic mass is 127. The Morgan fingerprint density at radius 2 is 1.65 bits per heavy atom. The Kier molecular flexibility index (Phi) is 4.13. The molecule has 0 unspecified atom stereocenters. The van der Waals surface area contributed by atoms with Gasteiger partial charge in [-0.3, -0.25) is 4.98 Å². The maximum Gasteiger partial charge on any atom is 0.142 e. The van der Waals surface area contributed by atoms with Gasteiger partial charge >= 0.3 is 0 Å². The van der Waals surface area contributed by atoms with Gasteiger partial charge < -0.3 is 0 Å². The molecule has 0 bridgehead atoms. The molecule has 88 valence electrons. The van der Waals surface area contributed by atoms with E-state index in [2.05, 4.69) is 4.98 Å². The van der Waals surface area contributed by atoms with Crippen molar-refractivity contribution >= 4 is 57.4 Å². The molecule has 1 aromatic heterocycles. The van der Waals surface area contributed by atoms with E-state index < -0.39 is 0 Å². The number of rotatable bonds is 1. The van der Waals surface area contributed by atoms with E-state index in [4.69, 9.17) is 34.8 Å². The van der Waals surface area contributed by atoms with Crippen LogP contribution in [0.4, 0.5) is 4.39 Å². The van der Waals surface area contributed by atoms with Crippen LogP contribution in [-0.4, -0.2) is 4.98 Å². The number of aromatic nitrogens is 1. The van der Waals surface area contributed by atoms with Gasteiger partial charge in [-0.1, -0.05) is 34.8 Å². The molecule has 6 heteroatoms. The van der Waals surface area contributed by atoms with Crippen molar-refractivity contribution < 1.29 is 4.39 Å². The molecule has 2 rings (SSSR count). The molecule has 0 spiro atoms. The van der Waals surface area contributed by atoms with Gasteiger partial charge in [0.25, 0.3) is 0 Å². The van der Waals surface area contributed by atoms with Crippen LogP contribution < -0.4 is 0 Å². The zero-order chi connectivity index (χ0) is 12.6. The lowest BCUT2D eigenvalue weighted by Crippen LogP contribution is -1.90. The summed E-state index contributed by atoms with van der Waals surface area (Å²) in [5, 5.41) is 0.987. The lowest BCUT2D eigenvalue weighted by Gasteiger charge is -2.06. The predicted octanol–water partition coefficient (Wildman–Crippen LogP) is 5.45. The monoisotopic (exact) mass is 401 g/mol. The Hall–Kier alpha value is -0.100. The predicted molar refractivity (Wildman–Crippen MR) is 77.4 cm³/mol. The van der Waals surface area contributed by atoms with Crippen LogP contribution in [0, 0.1) is 9.39 Å².